The first kappa shape index (κ1) is 15.0. The molecule has 0 aromatic carbocycles. The molecule has 102 valence electrons. The summed E-state index contributed by atoms with van der Waals surface area (Å²) in [6, 6.07) is 1.84. The molecule has 0 radical (unpaired) electrons. The van der Waals surface area contributed by atoms with Crippen molar-refractivity contribution in [2.24, 2.45) is 5.84 Å². The molecule has 0 atom stereocenters. The van der Waals surface area contributed by atoms with Crippen LogP contribution in [0, 0.1) is 0 Å². The molecule has 0 aliphatic carbocycles. The maximum Gasteiger partial charge on any atom is 0.191 e. The van der Waals surface area contributed by atoms with Crippen LogP contribution in [0.2, 0.25) is 0 Å². The predicted molar refractivity (Wildman–Crippen MR) is 78.8 cm³/mol. The van der Waals surface area contributed by atoms with Crippen molar-refractivity contribution in [1.29, 1.82) is 0 Å². The van der Waals surface area contributed by atoms with Crippen molar-refractivity contribution in [3.05, 3.63) is 6.07 Å². The second-order valence-corrected chi connectivity index (χ2v) is 5.01. The number of nitrogen functional groups attached to an aromatic ring is 1. The molecule has 0 fully saturated rings. The summed E-state index contributed by atoms with van der Waals surface area (Å²) in [5.41, 5.74) is 2.67. The fourth-order valence-corrected chi connectivity index (χ4v) is 2.32. The number of nitrogens with zero attached hydrogens (tertiary/aromatic N) is 2. The summed E-state index contributed by atoms with van der Waals surface area (Å²) < 4.78 is 0. The first-order valence-electron chi connectivity index (χ1n) is 6.30. The first-order chi connectivity index (χ1) is 8.62. The summed E-state index contributed by atoms with van der Waals surface area (Å²) in [4.78, 5) is 8.73. The topological polar surface area (TPSA) is 75.9 Å². The fourth-order valence-electron chi connectivity index (χ4n) is 1.94. The van der Waals surface area contributed by atoms with E-state index in [2.05, 4.69) is 41.5 Å². The lowest BCUT2D eigenvalue weighted by atomic mass is 9.90. The van der Waals surface area contributed by atoms with Crippen molar-refractivity contribution in [3.8, 4) is 0 Å². The maximum atomic E-state index is 5.43. The lowest BCUT2D eigenvalue weighted by Gasteiger charge is -2.32. The summed E-state index contributed by atoms with van der Waals surface area (Å²) in [6.07, 6.45) is 5.13. The fraction of sp³-hybridized carbons (Fsp3) is 0.667. The third-order valence-corrected chi connectivity index (χ3v) is 4.01. The molecule has 0 spiro atoms. The number of aromatic nitrogens is 2. The second-order valence-electron chi connectivity index (χ2n) is 4.24. The highest BCUT2D eigenvalue weighted by atomic mass is 32.2. The van der Waals surface area contributed by atoms with Crippen molar-refractivity contribution in [1.82, 2.24) is 9.97 Å². The van der Waals surface area contributed by atoms with E-state index in [0.29, 0.717) is 11.0 Å². The van der Waals surface area contributed by atoms with Crippen LogP contribution in [0.15, 0.2) is 11.2 Å². The van der Waals surface area contributed by atoms with Crippen molar-refractivity contribution in [2.45, 2.75) is 50.7 Å². The molecule has 1 rings (SSSR count). The van der Waals surface area contributed by atoms with E-state index in [1.165, 1.54) is 11.8 Å². The van der Waals surface area contributed by atoms with Gasteiger partial charge in [-0.15, -0.1) is 0 Å². The van der Waals surface area contributed by atoms with Crippen LogP contribution in [0.25, 0.3) is 0 Å². The van der Waals surface area contributed by atoms with Gasteiger partial charge in [0.1, 0.15) is 11.6 Å². The molecular weight excluding hydrogens is 246 g/mol. The lowest BCUT2D eigenvalue weighted by Crippen LogP contribution is -2.36. The highest BCUT2D eigenvalue weighted by Gasteiger charge is 2.24. The van der Waals surface area contributed by atoms with Crippen LogP contribution >= 0.6 is 11.8 Å². The Morgan fingerprint density at radius 1 is 1.17 bits per heavy atom. The summed E-state index contributed by atoms with van der Waals surface area (Å²) in [7, 11) is 0. The Kier molecular flexibility index (Phi) is 5.68. The normalized spacial score (nSPS) is 11.4. The maximum absolute atomic E-state index is 5.43. The highest BCUT2D eigenvalue weighted by molar-refractivity contribution is 7.98. The molecule has 0 amide bonds. The Hall–Kier alpha value is -1.01. The number of hydrogen-bond donors (Lipinski definition) is 3. The van der Waals surface area contributed by atoms with Crippen LogP contribution in [0.5, 0.6) is 0 Å². The number of hydrogen-bond acceptors (Lipinski definition) is 6. The molecule has 0 saturated carbocycles. The number of rotatable bonds is 7. The van der Waals surface area contributed by atoms with Crippen LogP contribution in [-0.2, 0) is 0 Å². The Morgan fingerprint density at radius 2 is 1.72 bits per heavy atom. The Morgan fingerprint density at radius 3 is 2.17 bits per heavy atom. The number of hydrazine groups is 1. The molecule has 4 N–H and O–H groups in total. The SMILES string of the molecule is CCC(CC)(CC)Nc1cc(NN)nc(SC)n1. The van der Waals surface area contributed by atoms with Gasteiger partial charge in [0.25, 0.3) is 0 Å². The number of nitrogens with two attached hydrogens (primary N) is 1. The van der Waals surface area contributed by atoms with E-state index in [0.717, 1.165) is 25.1 Å². The molecule has 0 unspecified atom stereocenters. The molecule has 5 nitrogen and oxygen atoms in total. The molecule has 0 aliphatic rings. The van der Waals surface area contributed by atoms with Gasteiger partial charge in [-0.25, -0.2) is 15.8 Å². The lowest BCUT2D eigenvalue weighted by molar-refractivity contribution is 0.418. The van der Waals surface area contributed by atoms with Crippen molar-refractivity contribution < 1.29 is 0 Å². The Bertz CT molecular complexity index is 348. The number of nitrogens with one attached hydrogen (secondary N) is 2. The van der Waals surface area contributed by atoms with E-state index in [9.17, 15) is 0 Å². The molecule has 6 heteroatoms. The van der Waals surface area contributed by atoms with Crippen LogP contribution < -0.4 is 16.6 Å². The van der Waals surface area contributed by atoms with E-state index in [1.54, 1.807) is 0 Å². The van der Waals surface area contributed by atoms with Gasteiger partial charge in [0.2, 0.25) is 0 Å². The van der Waals surface area contributed by atoms with Crippen LogP contribution in [0.3, 0.4) is 0 Å². The van der Waals surface area contributed by atoms with E-state index >= 15 is 0 Å². The van der Waals surface area contributed by atoms with Gasteiger partial charge in [-0.1, -0.05) is 32.5 Å². The van der Waals surface area contributed by atoms with Crippen molar-refractivity contribution in [2.75, 3.05) is 17.0 Å². The monoisotopic (exact) mass is 269 g/mol. The summed E-state index contributed by atoms with van der Waals surface area (Å²) in [5.74, 6) is 6.89. The van der Waals surface area contributed by atoms with E-state index in [-0.39, 0.29) is 5.54 Å². The van der Waals surface area contributed by atoms with Crippen molar-refractivity contribution in [3.63, 3.8) is 0 Å². The molecular formula is C12H23N5S. The van der Waals surface area contributed by atoms with Crippen LogP contribution in [0.4, 0.5) is 11.6 Å². The quantitative estimate of drug-likeness (QED) is 0.306. The van der Waals surface area contributed by atoms with Gasteiger partial charge in [-0.05, 0) is 25.5 Å². The molecule has 1 aromatic heterocycles. The van der Waals surface area contributed by atoms with E-state index in [1.807, 2.05) is 12.3 Å². The third-order valence-electron chi connectivity index (χ3n) is 3.46. The molecule has 1 aromatic rings. The van der Waals surface area contributed by atoms with E-state index in [4.69, 9.17) is 5.84 Å². The molecule has 18 heavy (non-hydrogen) atoms. The standard InChI is InChI=1S/C12H23N5S/c1-5-12(6-2,7-3)16-9-8-10(17-13)15-11(14-9)18-4/h8H,5-7,13H2,1-4H3,(H2,14,15,16,17). The second kappa shape index (κ2) is 6.80. The molecule has 1 heterocycles. The van der Waals surface area contributed by atoms with Gasteiger partial charge < -0.3 is 10.7 Å². The van der Waals surface area contributed by atoms with Crippen molar-refractivity contribution >= 4 is 23.4 Å². The minimum Gasteiger partial charge on any atom is -0.364 e. The zero-order valence-electron chi connectivity index (χ0n) is 11.6. The summed E-state index contributed by atoms with van der Waals surface area (Å²) >= 11 is 1.50. The predicted octanol–water partition coefficient (Wildman–Crippen LogP) is 2.86. The largest absolute Gasteiger partial charge is 0.364 e. The van der Waals surface area contributed by atoms with Gasteiger partial charge in [-0.3, -0.25) is 0 Å². The average molecular weight is 269 g/mol. The molecule has 0 saturated heterocycles. The highest BCUT2D eigenvalue weighted by Crippen LogP contribution is 2.26. The minimum absolute atomic E-state index is 0.0932. The van der Waals surface area contributed by atoms with E-state index < -0.39 is 0 Å². The summed E-state index contributed by atoms with van der Waals surface area (Å²) in [6.45, 7) is 6.58. The van der Waals surface area contributed by atoms with Crippen LogP contribution in [0.1, 0.15) is 40.0 Å². The molecule has 0 bridgehead atoms. The number of thioether (sulfide) groups is 1. The molecule has 0 aliphatic heterocycles. The van der Waals surface area contributed by atoms with Gasteiger partial charge in [0.05, 0.1) is 0 Å². The first-order valence-corrected chi connectivity index (χ1v) is 7.53. The van der Waals surface area contributed by atoms with Gasteiger partial charge in [-0.2, -0.15) is 0 Å². The summed E-state index contributed by atoms with van der Waals surface area (Å²) in [5, 5.41) is 4.24. The zero-order chi connectivity index (χ0) is 13.6. The van der Waals surface area contributed by atoms with Crippen LogP contribution in [-0.4, -0.2) is 21.8 Å². The van der Waals surface area contributed by atoms with Gasteiger partial charge in [0, 0.05) is 11.6 Å². The average Bonchev–Trinajstić information content (AvgIpc) is 2.44. The minimum atomic E-state index is 0.0932. The smallest absolute Gasteiger partial charge is 0.191 e. The number of anilines is 2. The Balaban J connectivity index is 3.01. The Labute approximate surface area is 113 Å². The van der Waals surface area contributed by atoms with Gasteiger partial charge >= 0.3 is 0 Å². The third kappa shape index (κ3) is 3.49. The zero-order valence-corrected chi connectivity index (χ0v) is 12.4. The van der Waals surface area contributed by atoms with Gasteiger partial charge in [0.15, 0.2) is 5.16 Å².